The molecule has 0 aliphatic heterocycles. The van der Waals surface area contributed by atoms with Crippen LogP contribution in [0.2, 0.25) is 0 Å². The molecule has 2 rings (SSSR count). The summed E-state index contributed by atoms with van der Waals surface area (Å²) in [6.45, 7) is 1.98. The Bertz CT molecular complexity index is 479. The molecule has 0 saturated carbocycles. The predicted octanol–water partition coefficient (Wildman–Crippen LogP) is 2.44. The van der Waals surface area contributed by atoms with Crippen LogP contribution in [0.25, 0.3) is 5.69 Å². The fourth-order valence-corrected chi connectivity index (χ4v) is 1.80. The molecule has 0 aliphatic carbocycles. The second-order valence-electron chi connectivity index (χ2n) is 3.37. The molecule has 1 aromatic carbocycles. The largest absolute Gasteiger partial charge is 0.390 e. The van der Waals surface area contributed by atoms with Gasteiger partial charge in [-0.2, -0.15) is 5.10 Å². The topological polar surface area (TPSA) is 38.0 Å². The van der Waals surface area contributed by atoms with Crippen LogP contribution in [-0.2, 0) is 6.61 Å². The average Bonchev–Trinajstić information content (AvgIpc) is 2.60. The van der Waals surface area contributed by atoms with Gasteiger partial charge in [0, 0.05) is 6.20 Å². The highest BCUT2D eigenvalue weighted by atomic mass is 79.9. The van der Waals surface area contributed by atoms with Gasteiger partial charge in [-0.05, 0) is 40.5 Å². The summed E-state index contributed by atoms with van der Waals surface area (Å²) in [5.41, 5.74) is 2.83. The molecule has 0 saturated heterocycles. The summed E-state index contributed by atoms with van der Waals surface area (Å²) in [5.74, 6) is 0. The van der Waals surface area contributed by atoms with Crippen molar-refractivity contribution in [1.82, 2.24) is 9.78 Å². The van der Waals surface area contributed by atoms with E-state index in [9.17, 15) is 0 Å². The number of halogens is 1. The maximum Gasteiger partial charge on any atom is 0.102 e. The van der Waals surface area contributed by atoms with Gasteiger partial charge in [0.05, 0.1) is 16.8 Å². The number of aliphatic hydroxyl groups excluding tert-OH is 1. The van der Waals surface area contributed by atoms with E-state index >= 15 is 0 Å². The van der Waals surface area contributed by atoms with Gasteiger partial charge in [0.15, 0.2) is 0 Å². The van der Waals surface area contributed by atoms with E-state index in [0.717, 1.165) is 10.2 Å². The first kappa shape index (κ1) is 10.4. The normalized spacial score (nSPS) is 10.6. The van der Waals surface area contributed by atoms with E-state index in [1.165, 1.54) is 5.56 Å². The number of benzene rings is 1. The van der Waals surface area contributed by atoms with E-state index in [-0.39, 0.29) is 6.61 Å². The van der Waals surface area contributed by atoms with Crippen LogP contribution in [0.5, 0.6) is 0 Å². The second-order valence-corrected chi connectivity index (χ2v) is 4.22. The lowest BCUT2D eigenvalue weighted by atomic mass is 10.2. The molecule has 0 unspecified atom stereocenters. The number of aliphatic hydroxyl groups is 1. The van der Waals surface area contributed by atoms with Crippen LogP contribution >= 0.6 is 15.9 Å². The van der Waals surface area contributed by atoms with Crippen LogP contribution in [0, 0.1) is 6.92 Å². The van der Waals surface area contributed by atoms with Crippen molar-refractivity contribution >= 4 is 15.9 Å². The molecule has 1 N–H and O–H groups in total. The Balaban J connectivity index is 2.45. The van der Waals surface area contributed by atoms with E-state index in [4.69, 9.17) is 5.11 Å². The molecule has 2 aromatic rings. The van der Waals surface area contributed by atoms with Crippen LogP contribution in [0.15, 0.2) is 34.9 Å². The molecule has 0 spiro atoms. The van der Waals surface area contributed by atoms with E-state index in [2.05, 4.69) is 21.0 Å². The van der Waals surface area contributed by atoms with Crippen molar-refractivity contribution in [2.75, 3.05) is 0 Å². The molecule has 15 heavy (non-hydrogen) atoms. The van der Waals surface area contributed by atoms with Gasteiger partial charge in [-0.25, -0.2) is 4.68 Å². The van der Waals surface area contributed by atoms with E-state index < -0.39 is 0 Å². The lowest BCUT2D eigenvalue weighted by Gasteiger charge is -2.01. The molecule has 0 atom stereocenters. The van der Waals surface area contributed by atoms with E-state index in [1.807, 2.05) is 37.4 Å². The fraction of sp³-hybridized carbons (Fsp3) is 0.182. The zero-order valence-corrected chi connectivity index (χ0v) is 9.90. The third-order valence-electron chi connectivity index (χ3n) is 2.16. The van der Waals surface area contributed by atoms with Crippen LogP contribution in [0.1, 0.15) is 11.3 Å². The summed E-state index contributed by atoms with van der Waals surface area (Å²) in [6.07, 6.45) is 1.85. The molecule has 0 aliphatic rings. The molecule has 4 heteroatoms. The van der Waals surface area contributed by atoms with Gasteiger partial charge in [-0.3, -0.25) is 0 Å². The van der Waals surface area contributed by atoms with E-state index in [1.54, 1.807) is 4.68 Å². The molecule has 3 nitrogen and oxygen atoms in total. The number of aryl methyl sites for hydroxylation is 1. The highest BCUT2D eigenvalue weighted by Gasteiger charge is 2.06. The Morgan fingerprint density at radius 2 is 2.27 bits per heavy atom. The molecule has 0 bridgehead atoms. The Hall–Kier alpha value is -1.13. The van der Waals surface area contributed by atoms with Crippen LogP contribution in [0.3, 0.4) is 0 Å². The quantitative estimate of drug-likeness (QED) is 0.907. The molecule has 0 radical (unpaired) electrons. The van der Waals surface area contributed by atoms with Crippen LogP contribution in [0.4, 0.5) is 0 Å². The first-order chi connectivity index (χ1) is 7.20. The smallest absolute Gasteiger partial charge is 0.102 e. The van der Waals surface area contributed by atoms with Crippen LogP contribution < -0.4 is 0 Å². The van der Waals surface area contributed by atoms with Crippen molar-refractivity contribution in [2.24, 2.45) is 0 Å². The Kier molecular flexibility index (Phi) is 2.88. The van der Waals surface area contributed by atoms with E-state index in [0.29, 0.717) is 5.69 Å². The maximum absolute atomic E-state index is 9.03. The number of hydrogen-bond acceptors (Lipinski definition) is 2. The third-order valence-corrected chi connectivity index (χ3v) is 2.82. The first-order valence-corrected chi connectivity index (χ1v) is 5.42. The summed E-state index contributed by atoms with van der Waals surface area (Å²) in [4.78, 5) is 0. The lowest BCUT2D eigenvalue weighted by molar-refractivity contribution is 0.275. The van der Waals surface area contributed by atoms with Gasteiger partial charge in [0.2, 0.25) is 0 Å². The summed E-state index contributed by atoms with van der Waals surface area (Å²) >= 11 is 3.35. The Morgan fingerprint density at radius 1 is 1.47 bits per heavy atom. The predicted molar refractivity (Wildman–Crippen MR) is 61.9 cm³/mol. The van der Waals surface area contributed by atoms with Crippen molar-refractivity contribution in [3.05, 3.63) is 46.2 Å². The lowest BCUT2D eigenvalue weighted by Crippen LogP contribution is -1.96. The molecular formula is C11H11BrN2O. The van der Waals surface area contributed by atoms with Gasteiger partial charge in [0.25, 0.3) is 0 Å². The first-order valence-electron chi connectivity index (χ1n) is 4.62. The molecule has 1 aromatic heterocycles. The number of nitrogens with zero attached hydrogens (tertiary/aromatic N) is 2. The third kappa shape index (κ3) is 2.11. The van der Waals surface area contributed by atoms with Crippen LogP contribution in [-0.4, -0.2) is 14.9 Å². The van der Waals surface area contributed by atoms with Gasteiger partial charge in [0.1, 0.15) is 5.69 Å². The minimum atomic E-state index is -0.0562. The zero-order chi connectivity index (χ0) is 10.8. The fourth-order valence-electron chi connectivity index (χ4n) is 1.40. The Morgan fingerprint density at radius 3 is 2.87 bits per heavy atom. The highest BCUT2D eigenvalue weighted by Crippen LogP contribution is 2.18. The minimum Gasteiger partial charge on any atom is -0.390 e. The van der Waals surface area contributed by atoms with Gasteiger partial charge in [-0.1, -0.05) is 12.1 Å². The molecule has 0 amide bonds. The van der Waals surface area contributed by atoms with Crippen molar-refractivity contribution in [2.45, 2.75) is 13.5 Å². The highest BCUT2D eigenvalue weighted by molar-refractivity contribution is 9.10. The molecule has 0 fully saturated rings. The van der Waals surface area contributed by atoms with Crippen molar-refractivity contribution in [1.29, 1.82) is 0 Å². The second kappa shape index (κ2) is 4.16. The summed E-state index contributed by atoms with van der Waals surface area (Å²) < 4.78 is 2.58. The molecule has 78 valence electrons. The number of hydrogen-bond donors (Lipinski definition) is 1. The monoisotopic (exact) mass is 266 g/mol. The van der Waals surface area contributed by atoms with Gasteiger partial charge >= 0.3 is 0 Å². The van der Waals surface area contributed by atoms with Crippen molar-refractivity contribution in [3.8, 4) is 5.69 Å². The van der Waals surface area contributed by atoms with Gasteiger partial charge in [-0.15, -0.1) is 0 Å². The maximum atomic E-state index is 9.03. The number of rotatable bonds is 2. The average molecular weight is 267 g/mol. The molecule has 1 heterocycles. The minimum absolute atomic E-state index is 0.0562. The van der Waals surface area contributed by atoms with Gasteiger partial charge < -0.3 is 5.11 Å². The number of aromatic nitrogens is 2. The molecular weight excluding hydrogens is 256 g/mol. The summed E-state index contributed by atoms with van der Waals surface area (Å²) in [5, 5.41) is 13.3. The SMILES string of the molecule is Cc1cccc(-n2cc(Br)c(CO)n2)c1. The van der Waals surface area contributed by atoms with Crippen molar-refractivity contribution in [3.63, 3.8) is 0 Å². The standard InChI is InChI=1S/C11H11BrN2O/c1-8-3-2-4-9(5-8)14-6-10(12)11(7-15)13-14/h2-6,15H,7H2,1H3. The summed E-state index contributed by atoms with van der Waals surface area (Å²) in [7, 11) is 0. The summed E-state index contributed by atoms with van der Waals surface area (Å²) in [6, 6.07) is 8.04. The Labute approximate surface area is 96.5 Å². The van der Waals surface area contributed by atoms with Crippen molar-refractivity contribution < 1.29 is 5.11 Å². The zero-order valence-electron chi connectivity index (χ0n) is 8.31.